The largest absolute Gasteiger partial charge is 0.495 e. The average Bonchev–Trinajstić information content (AvgIpc) is 2.25. The summed E-state index contributed by atoms with van der Waals surface area (Å²) >= 11 is 6.03. The maximum Gasteiger partial charge on any atom is 0.137 e. The average molecular weight is 244 g/mol. The number of aliphatic hydroxyl groups is 1. The van der Waals surface area contributed by atoms with Crippen molar-refractivity contribution in [2.24, 2.45) is 0 Å². The lowest BCUT2D eigenvalue weighted by Crippen LogP contribution is -2.27. The van der Waals surface area contributed by atoms with Crippen LogP contribution in [-0.4, -0.2) is 24.9 Å². The first-order chi connectivity index (χ1) is 7.54. The smallest absolute Gasteiger partial charge is 0.137 e. The molecule has 2 unspecified atom stereocenters. The van der Waals surface area contributed by atoms with Gasteiger partial charge in [0, 0.05) is 12.6 Å². The van der Waals surface area contributed by atoms with Crippen LogP contribution in [0.2, 0.25) is 5.02 Å². The molecule has 0 spiro atoms. The molecule has 3 nitrogen and oxygen atoms in total. The number of rotatable bonds is 5. The van der Waals surface area contributed by atoms with E-state index >= 15 is 0 Å². The van der Waals surface area contributed by atoms with Crippen LogP contribution in [0.4, 0.5) is 0 Å². The zero-order chi connectivity index (χ0) is 12.1. The molecule has 0 aliphatic carbocycles. The lowest BCUT2D eigenvalue weighted by atomic mass is 10.1. The van der Waals surface area contributed by atoms with Gasteiger partial charge in [-0.1, -0.05) is 17.7 Å². The topological polar surface area (TPSA) is 41.5 Å². The molecule has 0 radical (unpaired) electrons. The Morgan fingerprint density at radius 2 is 2.12 bits per heavy atom. The first-order valence-electron chi connectivity index (χ1n) is 5.29. The summed E-state index contributed by atoms with van der Waals surface area (Å²) in [6, 6.07) is 5.83. The molecule has 1 aromatic rings. The minimum absolute atomic E-state index is 0.151. The van der Waals surface area contributed by atoms with Crippen molar-refractivity contribution >= 4 is 11.6 Å². The van der Waals surface area contributed by atoms with Gasteiger partial charge in [-0.25, -0.2) is 0 Å². The van der Waals surface area contributed by atoms with Gasteiger partial charge >= 0.3 is 0 Å². The van der Waals surface area contributed by atoms with E-state index in [-0.39, 0.29) is 12.1 Å². The molecule has 0 amide bonds. The van der Waals surface area contributed by atoms with Gasteiger partial charge in [-0.15, -0.1) is 0 Å². The predicted molar refractivity (Wildman–Crippen MR) is 66.1 cm³/mol. The third kappa shape index (κ3) is 3.67. The third-order valence-electron chi connectivity index (χ3n) is 2.40. The molecule has 2 atom stereocenters. The number of methoxy groups -OCH3 is 1. The van der Waals surface area contributed by atoms with Crippen LogP contribution in [0, 0.1) is 0 Å². The van der Waals surface area contributed by atoms with Crippen molar-refractivity contribution in [1.29, 1.82) is 0 Å². The lowest BCUT2D eigenvalue weighted by Gasteiger charge is -2.16. The molecule has 0 heterocycles. The highest BCUT2D eigenvalue weighted by Crippen LogP contribution is 2.27. The third-order valence-corrected chi connectivity index (χ3v) is 2.69. The maximum atomic E-state index is 9.18. The Morgan fingerprint density at radius 3 is 2.62 bits per heavy atom. The van der Waals surface area contributed by atoms with Crippen LogP contribution in [0.3, 0.4) is 0 Å². The van der Waals surface area contributed by atoms with E-state index in [1.54, 1.807) is 14.0 Å². The first-order valence-corrected chi connectivity index (χ1v) is 5.67. The monoisotopic (exact) mass is 243 g/mol. The van der Waals surface area contributed by atoms with Crippen LogP contribution in [0.1, 0.15) is 25.5 Å². The molecule has 90 valence electrons. The maximum absolute atomic E-state index is 9.18. The molecule has 4 heteroatoms. The highest BCUT2D eigenvalue weighted by Gasteiger charge is 2.08. The van der Waals surface area contributed by atoms with Crippen LogP contribution in [0.15, 0.2) is 18.2 Å². The van der Waals surface area contributed by atoms with Crippen molar-refractivity contribution in [3.8, 4) is 5.75 Å². The van der Waals surface area contributed by atoms with Crippen molar-refractivity contribution in [1.82, 2.24) is 5.32 Å². The van der Waals surface area contributed by atoms with Crippen LogP contribution in [-0.2, 0) is 0 Å². The molecular formula is C12H18ClNO2. The molecule has 0 saturated heterocycles. The summed E-state index contributed by atoms with van der Waals surface area (Å²) in [5.74, 6) is 0.674. The van der Waals surface area contributed by atoms with Gasteiger partial charge in [0.05, 0.1) is 18.2 Å². The van der Waals surface area contributed by atoms with E-state index in [1.165, 1.54) is 0 Å². The number of aliphatic hydroxyl groups excluding tert-OH is 1. The second kappa shape index (κ2) is 6.09. The van der Waals surface area contributed by atoms with E-state index < -0.39 is 0 Å². The van der Waals surface area contributed by atoms with Crippen molar-refractivity contribution in [3.63, 3.8) is 0 Å². The summed E-state index contributed by atoms with van der Waals surface area (Å²) in [6.45, 7) is 4.34. The standard InChI is InChI=1S/C12H18ClNO2/c1-8(15)7-14-9(2)10-4-5-12(16-3)11(13)6-10/h4-6,8-9,14-15H,7H2,1-3H3. The first kappa shape index (κ1) is 13.3. The minimum atomic E-state index is -0.351. The normalized spacial score (nSPS) is 14.6. The summed E-state index contributed by atoms with van der Waals surface area (Å²) < 4.78 is 5.09. The molecule has 1 rings (SSSR count). The van der Waals surface area contributed by atoms with Gasteiger partial charge < -0.3 is 15.2 Å². The summed E-state index contributed by atoms with van der Waals surface area (Å²) in [5, 5.41) is 13.0. The molecule has 0 fully saturated rings. The van der Waals surface area contributed by atoms with Crippen LogP contribution in [0.5, 0.6) is 5.75 Å². The van der Waals surface area contributed by atoms with Crippen molar-refractivity contribution in [2.75, 3.05) is 13.7 Å². The summed E-state index contributed by atoms with van der Waals surface area (Å²) in [6.07, 6.45) is -0.351. The molecule has 0 aliphatic heterocycles. The number of benzene rings is 1. The van der Waals surface area contributed by atoms with Gasteiger partial charge in [0.1, 0.15) is 5.75 Å². The van der Waals surface area contributed by atoms with Gasteiger partial charge in [0.15, 0.2) is 0 Å². The molecular weight excluding hydrogens is 226 g/mol. The Bertz CT molecular complexity index is 342. The number of nitrogens with one attached hydrogen (secondary N) is 1. The van der Waals surface area contributed by atoms with Crippen LogP contribution in [0.25, 0.3) is 0 Å². The second-order valence-corrected chi connectivity index (χ2v) is 4.28. The van der Waals surface area contributed by atoms with Crippen LogP contribution < -0.4 is 10.1 Å². The SMILES string of the molecule is COc1ccc(C(C)NCC(C)O)cc1Cl. The molecule has 0 aliphatic rings. The van der Waals surface area contributed by atoms with Gasteiger partial charge in [0.2, 0.25) is 0 Å². The number of hydrogen-bond donors (Lipinski definition) is 2. The predicted octanol–water partition coefficient (Wildman–Crippen LogP) is 2.38. The molecule has 16 heavy (non-hydrogen) atoms. The molecule has 1 aromatic carbocycles. The molecule has 0 bridgehead atoms. The number of halogens is 1. The molecule has 0 saturated carbocycles. The number of ether oxygens (including phenoxy) is 1. The van der Waals surface area contributed by atoms with E-state index in [9.17, 15) is 5.11 Å². The minimum Gasteiger partial charge on any atom is -0.495 e. The van der Waals surface area contributed by atoms with E-state index in [4.69, 9.17) is 16.3 Å². The van der Waals surface area contributed by atoms with Crippen LogP contribution >= 0.6 is 11.6 Å². The van der Waals surface area contributed by atoms with E-state index in [0.29, 0.717) is 17.3 Å². The zero-order valence-corrected chi connectivity index (χ0v) is 10.6. The van der Waals surface area contributed by atoms with Gasteiger partial charge in [-0.2, -0.15) is 0 Å². The quantitative estimate of drug-likeness (QED) is 0.835. The fourth-order valence-corrected chi connectivity index (χ4v) is 1.68. The Hall–Kier alpha value is -0.770. The fourth-order valence-electron chi connectivity index (χ4n) is 1.42. The Labute approximate surface area is 101 Å². The van der Waals surface area contributed by atoms with Gasteiger partial charge in [-0.3, -0.25) is 0 Å². The van der Waals surface area contributed by atoms with E-state index in [2.05, 4.69) is 5.32 Å². The van der Waals surface area contributed by atoms with E-state index in [0.717, 1.165) is 5.56 Å². The summed E-state index contributed by atoms with van der Waals surface area (Å²) in [4.78, 5) is 0. The van der Waals surface area contributed by atoms with Gasteiger partial charge in [0.25, 0.3) is 0 Å². The summed E-state index contributed by atoms with van der Waals surface area (Å²) in [7, 11) is 1.59. The Kier molecular flexibility index (Phi) is 5.06. The summed E-state index contributed by atoms with van der Waals surface area (Å²) in [5.41, 5.74) is 1.08. The highest BCUT2D eigenvalue weighted by molar-refractivity contribution is 6.32. The van der Waals surface area contributed by atoms with Gasteiger partial charge in [-0.05, 0) is 31.5 Å². The second-order valence-electron chi connectivity index (χ2n) is 3.87. The molecule has 0 aromatic heterocycles. The number of hydrogen-bond acceptors (Lipinski definition) is 3. The highest BCUT2D eigenvalue weighted by atomic mass is 35.5. The lowest BCUT2D eigenvalue weighted by molar-refractivity contribution is 0.187. The fraction of sp³-hybridized carbons (Fsp3) is 0.500. The van der Waals surface area contributed by atoms with Crippen molar-refractivity contribution in [3.05, 3.63) is 28.8 Å². The Morgan fingerprint density at radius 1 is 1.44 bits per heavy atom. The van der Waals surface area contributed by atoms with E-state index in [1.807, 2.05) is 25.1 Å². The zero-order valence-electron chi connectivity index (χ0n) is 9.83. The molecule has 2 N–H and O–H groups in total. The Balaban J connectivity index is 2.69. The van der Waals surface area contributed by atoms with Crippen molar-refractivity contribution in [2.45, 2.75) is 26.0 Å². The van der Waals surface area contributed by atoms with Crippen molar-refractivity contribution < 1.29 is 9.84 Å².